The first-order valence-electron chi connectivity index (χ1n) is 7.31. The van der Waals surface area contributed by atoms with Crippen LogP contribution in [-0.4, -0.2) is 21.0 Å². The van der Waals surface area contributed by atoms with Crippen molar-refractivity contribution in [2.75, 3.05) is 0 Å². The number of nitrogens with one attached hydrogen (secondary N) is 1. The van der Waals surface area contributed by atoms with Crippen LogP contribution in [0.1, 0.15) is 30.4 Å². The summed E-state index contributed by atoms with van der Waals surface area (Å²) in [5.41, 5.74) is 1.76. The fourth-order valence-corrected chi connectivity index (χ4v) is 3.37. The Hall–Kier alpha value is -2.06. The lowest BCUT2D eigenvalue weighted by atomic mass is 10.2. The molecule has 2 aromatic heterocycles. The molecule has 0 aliphatic heterocycles. The van der Waals surface area contributed by atoms with Gasteiger partial charge in [-0.3, -0.25) is 4.79 Å². The summed E-state index contributed by atoms with van der Waals surface area (Å²) in [6.45, 7) is 3.54. The molecular weight excluding hydrogens is 392 g/mol. The van der Waals surface area contributed by atoms with Gasteiger partial charge in [0.15, 0.2) is 5.82 Å². The van der Waals surface area contributed by atoms with Crippen LogP contribution in [0.5, 0.6) is 0 Å². The van der Waals surface area contributed by atoms with E-state index >= 15 is 0 Å². The number of aromatic nitrogens is 3. The van der Waals surface area contributed by atoms with Crippen LogP contribution in [0.25, 0.3) is 10.6 Å². The van der Waals surface area contributed by atoms with E-state index in [1.165, 1.54) is 11.3 Å². The van der Waals surface area contributed by atoms with E-state index < -0.39 is 0 Å². The minimum atomic E-state index is -0.332. The first-order valence-corrected chi connectivity index (χ1v) is 8.98. The molecule has 0 fully saturated rings. The zero-order valence-corrected chi connectivity index (χ0v) is 15.5. The van der Waals surface area contributed by atoms with Crippen molar-refractivity contribution in [1.29, 1.82) is 0 Å². The number of halogens is 1. The van der Waals surface area contributed by atoms with Gasteiger partial charge in [0, 0.05) is 15.4 Å². The molecule has 8 heteroatoms. The van der Waals surface area contributed by atoms with Gasteiger partial charge >= 0.3 is 0 Å². The molecule has 2 heterocycles. The summed E-state index contributed by atoms with van der Waals surface area (Å²) in [7, 11) is 0. The third-order valence-electron chi connectivity index (χ3n) is 3.26. The van der Waals surface area contributed by atoms with Crippen molar-refractivity contribution >= 4 is 33.2 Å². The Labute approximate surface area is 151 Å². The third-order valence-corrected chi connectivity index (χ3v) is 4.69. The van der Waals surface area contributed by atoms with Gasteiger partial charge in [-0.15, -0.1) is 11.3 Å². The number of nitrogens with zero attached hydrogens (tertiary/aromatic N) is 3. The van der Waals surface area contributed by atoms with Gasteiger partial charge in [0.05, 0.1) is 12.1 Å². The first kappa shape index (κ1) is 16.8. The lowest BCUT2D eigenvalue weighted by Gasteiger charge is -2.08. The molecule has 0 aliphatic carbocycles. The second kappa shape index (κ2) is 7.23. The molecule has 1 amide bonds. The molecule has 3 rings (SSSR count). The number of amides is 1. The standard InChI is InChI=1S/C16H15BrN4O2S/c1-9(15-19-10(2)21-23-15)18-14(22)7-13-8-24-16(20-13)11-4-3-5-12(17)6-11/h3-6,8-9H,7H2,1-2H3,(H,18,22). The Kier molecular flexibility index (Phi) is 5.06. The quantitative estimate of drug-likeness (QED) is 0.698. The van der Waals surface area contributed by atoms with Crippen molar-refractivity contribution in [3.63, 3.8) is 0 Å². The molecule has 0 saturated heterocycles. The topological polar surface area (TPSA) is 80.9 Å². The number of rotatable bonds is 5. The fraction of sp³-hybridized carbons (Fsp3) is 0.250. The Morgan fingerprint density at radius 2 is 2.25 bits per heavy atom. The highest BCUT2D eigenvalue weighted by atomic mass is 79.9. The number of hydrogen-bond acceptors (Lipinski definition) is 6. The van der Waals surface area contributed by atoms with Crippen molar-refractivity contribution in [3.05, 3.63) is 51.5 Å². The zero-order valence-electron chi connectivity index (χ0n) is 13.1. The minimum Gasteiger partial charge on any atom is -0.344 e. The van der Waals surface area contributed by atoms with Crippen molar-refractivity contribution < 1.29 is 9.32 Å². The van der Waals surface area contributed by atoms with Crippen molar-refractivity contribution in [1.82, 2.24) is 20.4 Å². The van der Waals surface area contributed by atoms with E-state index in [4.69, 9.17) is 4.52 Å². The summed E-state index contributed by atoms with van der Waals surface area (Å²) in [5, 5.41) is 9.35. The average Bonchev–Trinajstić information content (AvgIpc) is 3.16. The third kappa shape index (κ3) is 4.07. The highest BCUT2D eigenvalue weighted by molar-refractivity contribution is 9.10. The van der Waals surface area contributed by atoms with E-state index in [0.29, 0.717) is 11.7 Å². The van der Waals surface area contributed by atoms with Gasteiger partial charge < -0.3 is 9.84 Å². The number of hydrogen-bond donors (Lipinski definition) is 1. The number of carbonyl (C=O) groups excluding carboxylic acids is 1. The number of carbonyl (C=O) groups is 1. The molecule has 0 radical (unpaired) electrons. The number of benzene rings is 1. The molecule has 1 atom stereocenters. The first-order chi connectivity index (χ1) is 11.5. The normalized spacial score (nSPS) is 12.1. The van der Waals surface area contributed by atoms with Crippen LogP contribution in [0, 0.1) is 6.92 Å². The van der Waals surface area contributed by atoms with Crippen LogP contribution < -0.4 is 5.32 Å². The maximum absolute atomic E-state index is 12.2. The van der Waals surface area contributed by atoms with Crippen LogP contribution in [-0.2, 0) is 11.2 Å². The summed E-state index contributed by atoms with van der Waals surface area (Å²) in [6.07, 6.45) is 0.210. The van der Waals surface area contributed by atoms with E-state index in [-0.39, 0.29) is 18.4 Å². The molecule has 0 spiro atoms. The zero-order chi connectivity index (χ0) is 17.1. The van der Waals surface area contributed by atoms with Gasteiger partial charge in [-0.1, -0.05) is 33.2 Å². The van der Waals surface area contributed by atoms with Gasteiger partial charge in [-0.2, -0.15) is 4.98 Å². The maximum Gasteiger partial charge on any atom is 0.248 e. The second-order valence-electron chi connectivity index (χ2n) is 5.30. The van der Waals surface area contributed by atoms with Crippen molar-refractivity contribution in [3.8, 4) is 10.6 Å². The molecule has 0 aliphatic rings. The molecule has 0 bridgehead atoms. The molecule has 1 N–H and O–H groups in total. The smallest absolute Gasteiger partial charge is 0.248 e. The summed E-state index contributed by atoms with van der Waals surface area (Å²) in [6, 6.07) is 7.59. The fourth-order valence-electron chi connectivity index (χ4n) is 2.15. The molecular formula is C16H15BrN4O2S. The number of thiazole rings is 1. The van der Waals surface area contributed by atoms with Gasteiger partial charge in [0.1, 0.15) is 11.0 Å². The molecule has 1 aromatic carbocycles. The van der Waals surface area contributed by atoms with Gasteiger partial charge in [0.2, 0.25) is 11.8 Å². The van der Waals surface area contributed by atoms with Crippen LogP contribution in [0.15, 0.2) is 38.6 Å². The SMILES string of the molecule is Cc1noc(C(C)NC(=O)Cc2csc(-c3cccc(Br)c3)n2)n1. The van der Waals surface area contributed by atoms with Crippen LogP contribution >= 0.6 is 27.3 Å². The summed E-state index contributed by atoms with van der Waals surface area (Å²) in [5.74, 6) is 0.808. The lowest BCUT2D eigenvalue weighted by Crippen LogP contribution is -2.28. The Morgan fingerprint density at radius 3 is 2.96 bits per heavy atom. The lowest BCUT2D eigenvalue weighted by molar-refractivity contribution is -0.121. The monoisotopic (exact) mass is 406 g/mol. The van der Waals surface area contributed by atoms with E-state index in [2.05, 4.69) is 36.4 Å². The molecule has 24 heavy (non-hydrogen) atoms. The second-order valence-corrected chi connectivity index (χ2v) is 7.07. The minimum absolute atomic E-state index is 0.135. The van der Waals surface area contributed by atoms with E-state index in [9.17, 15) is 4.79 Å². The van der Waals surface area contributed by atoms with Crippen LogP contribution in [0.3, 0.4) is 0 Å². The van der Waals surface area contributed by atoms with Crippen molar-refractivity contribution in [2.24, 2.45) is 0 Å². The highest BCUT2D eigenvalue weighted by Gasteiger charge is 2.16. The Morgan fingerprint density at radius 1 is 1.42 bits per heavy atom. The molecule has 6 nitrogen and oxygen atoms in total. The largest absolute Gasteiger partial charge is 0.344 e. The van der Waals surface area contributed by atoms with E-state index in [1.54, 1.807) is 13.8 Å². The van der Waals surface area contributed by atoms with E-state index in [1.807, 2.05) is 29.6 Å². The highest BCUT2D eigenvalue weighted by Crippen LogP contribution is 2.26. The molecule has 0 saturated carbocycles. The Balaban J connectivity index is 1.63. The van der Waals surface area contributed by atoms with Crippen LogP contribution in [0.4, 0.5) is 0 Å². The maximum atomic E-state index is 12.2. The molecule has 1 unspecified atom stereocenters. The predicted octanol–water partition coefficient (Wildman–Crippen LogP) is 3.68. The summed E-state index contributed by atoms with van der Waals surface area (Å²) >= 11 is 4.97. The van der Waals surface area contributed by atoms with Crippen LogP contribution in [0.2, 0.25) is 0 Å². The van der Waals surface area contributed by atoms with Gasteiger partial charge in [-0.05, 0) is 26.0 Å². The van der Waals surface area contributed by atoms with Gasteiger partial charge in [-0.25, -0.2) is 4.98 Å². The Bertz CT molecular complexity index is 861. The van der Waals surface area contributed by atoms with Crippen molar-refractivity contribution in [2.45, 2.75) is 26.3 Å². The number of aryl methyl sites for hydroxylation is 1. The average molecular weight is 407 g/mol. The van der Waals surface area contributed by atoms with Gasteiger partial charge in [0.25, 0.3) is 0 Å². The molecule has 3 aromatic rings. The summed E-state index contributed by atoms with van der Waals surface area (Å²) in [4.78, 5) is 20.8. The van der Waals surface area contributed by atoms with E-state index in [0.717, 1.165) is 20.7 Å². The molecule has 124 valence electrons. The predicted molar refractivity (Wildman–Crippen MR) is 94.5 cm³/mol. The summed E-state index contributed by atoms with van der Waals surface area (Å²) < 4.78 is 6.05.